The number of ether oxygens (including phenoxy) is 2. The number of carbonyl (C=O) groups excluding carboxylic acids is 1. The largest absolute Gasteiger partial charge is 0.472 e. The van der Waals surface area contributed by atoms with E-state index >= 15 is 0 Å². The SMILES string of the molecule is COC(=O)N(O)c1c(C)cccc1COc1ccn(-c2ccc(Cl)cc2)n1. The maximum absolute atomic E-state index is 11.7. The molecule has 0 saturated carbocycles. The van der Waals surface area contributed by atoms with Gasteiger partial charge in [-0.25, -0.2) is 9.48 Å². The number of hydroxylamine groups is 1. The Morgan fingerprint density at radius 2 is 1.96 bits per heavy atom. The number of hydrogen-bond donors (Lipinski definition) is 1. The third-order valence-electron chi connectivity index (χ3n) is 3.91. The Morgan fingerprint density at radius 1 is 1.22 bits per heavy atom. The quantitative estimate of drug-likeness (QED) is 0.519. The Morgan fingerprint density at radius 3 is 2.67 bits per heavy atom. The minimum Gasteiger partial charge on any atom is -0.472 e. The summed E-state index contributed by atoms with van der Waals surface area (Å²) in [6, 6.07) is 14.3. The van der Waals surface area contributed by atoms with Crippen LogP contribution in [-0.2, 0) is 11.3 Å². The summed E-state index contributed by atoms with van der Waals surface area (Å²) < 4.78 is 12.0. The smallest absolute Gasteiger partial charge is 0.438 e. The van der Waals surface area contributed by atoms with Crippen LogP contribution in [0.2, 0.25) is 5.02 Å². The summed E-state index contributed by atoms with van der Waals surface area (Å²) >= 11 is 5.90. The average Bonchev–Trinajstić information content (AvgIpc) is 3.14. The van der Waals surface area contributed by atoms with Crippen molar-refractivity contribution in [2.75, 3.05) is 12.2 Å². The minimum atomic E-state index is -0.877. The molecule has 0 aliphatic heterocycles. The normalized spacial score (nSPS) is 10.5. The van der Waals surface area contributed by atoms with Gasteiger partial charge in [0.15, 0.2) is 0 Å². The van der Waals surface area contributed by atoms with E-state index in [1.807, 2.05) is 18.2 Å². The predicted octanol–water partition coefficient (Wildman–Crippen LogP) is 4.38. The van der Waals surface area contributed by atoms with Gasteiger partial charge in [-0.2, -0.15) is 5.06 Å². The molecule has 3 rings (SSSR count). The second-order valence-corrected chi connectivity index (χ2v) is 6.16. The summed E-state index contributed by atoms with van der Waals surface area (Å²) in [5.74, 6) is 0.403. The third kappa shape index (κ3) is 4.21. The van der Waals surface area contributed by atoms with Crippen molar-refractivity contribution in [2.24, 2.45) is 0 Å². The molecule has 1 amide bonds. The molecular weight excluding hydrogens is 370 g/mol. The van der Waals surface area contributed by atoms with E-state index in [2.05, 4.69) is 9.84 Å². The molecule has 3 aromatic rings. The highest BCUT2D eigenvalue weighted by Crippen LogP contribution is 2.26. The highest BCUT2D eigenvalue weighted by atomic mass is 35.5. The van der Waals surface area contributed by atoms with Crippen molar-refractivity contribution in [2.45, 2.75) is 13.5 Å². The van der Waals surface area contributed by atoms with E-state index < -0.39 is 6.09 Å². The molecule has 7 nitrogen and oxygen atoms in total. The van der Waals surface area contributed by atoms with Crippen LogP contribution in [0.15, 0.2) is 54.7 Å². The fourth-order valence-corrected chi connectivity index (χ4v) is 2.72. The van der Waals surface area contributed by atoms with Gasteiger partial charge in [0, 0.05) is 22.8 Å². The van der Waals surface area contributed by atoms with Crippen molar-refractivity contribution in [3.8, 4) is 11.6 Å². The van der Waals surface area contributed by atoms with E-state index in [-0.39, 0.29) is 6.61 Å². The van der Waals surface area contributed by atoms with E-state index in [1.165, 1.54) is 7.11 Å². The van der Waals surface area contributed by atoms with Gasteiger partial charge in [0.2, 0.25) is 5.88 Å². The van der Waals surface area contributed by atoms with Crippen LogP contribution in [0.4, 0.5) is 10.5 Å². The summed E-state index contributed by atoms with van der Waals surface area (Å²) in [7, 11) is 1.20. The number of carbonyl (C=O) groups is 1. The van der Waals surface area contributed by atoms with Gasteiger partial charge in [0.1, 0.15) is 6.61 Å². The molecule has 0 atom stereocenters. The highest BCUT2D eigenvalue weighted by Gasteiger charge is 2.20. The maximum atomic E-state index is 11.7. The van der Waals surface area contributed by atoms with E-state index in [4.69, 9.17) is 16.3 Å². The summed E-state index contributed by atoms with van der Waals surface area (Å²) in [5.41, 5.74) is 2.49. The molecule has 1 N–H and O–H groups in total. The molecule has 0 bridgehead atoms. The number of para-hydroxylation sites is 1. The number of halogens is 1. The third-order valence-corrected chi connectivity index (χ3v) is 4.16. The molecule has 1 heterocycles. The number of amides is 1. The summed E-state index contributed by atoms with van der Waals surface area (Å²) in [4.78, 5) is 11.7. The summed E-state index contributed by atoms with van der Waals surface area (Å²) in [5, 5.41) is 15.6. The topological polar surface area (TPSA) is 76.8 Å². The molecule has 140 valence electrons. The van der Waals surface area contributed by atoms with Crippen LogP contribution in [0.3, 0.4) is 0 Å². The van der Waals surface area contributed by atoms with E-state index in [0.29, 0.717) is 32.8 Å². The lowest BCUT2D eigenvalue weighted by molar-refractivity contribution is 0.140. The van der Waals surface area contributed by atoms with Crippen LogP contribution < -0.4 is 9.80 Å². The first kappa shape index (κ1) is 18.8. The Kier molecular flexibility index (Phi) is 5.63. The van der Waals surface area contributed by atoms with Crippen LogP contribution in [0.5, 0.6) is 5.88 Å². The molecule has 8 heteroatoms. The van der Waals surface area contributed by atoms with Gasteiger partial charge in [-0.05, 0) is 36.8 Å². The molecule has 0 saturated heterocycles. The Bertz CT molecular complexity index is 940. The molecule has 0 spiro atoms. The molecule has 0 unspecified atom stereocenters. The average molecular weight is 388 g/mol. The predicted molar refractivity (Wildman–Crippen MR) is 101 cm³/mol. The van der Waals surface area contributed by atoms with E-state index in [9.17, 15) is 10.0 Å². The highest BCUT2D eigenvalue weighted by molar-refractivity contribution is 6.30. The minimum absolute atomic E-state index is 0.114. The lowest BCUT2D eigenvalue weighted by atomic mass is 10.1. The van der Waals surface area contributed by atoms with Crippen LogP contribution in [-0.4, -0.2) is 28.2 Å². The van der Waals surface area contributed by atoms with E-state index in [0.717, 1.165) is 5.69 Å². The second-order valence-electron chi connectivity index (χ2n) is 5.73. The Labute approximate surface area is 161 Å². The zero-order valence-corrected chi connectivity index (χ0v) is 15.6. The number of aromatic nitrogens is 2. The number of methoxy groups -OCH3 is 1. The monoisotopic (exact) mass is 387 g/mol. The molecule has 27 heavy (non-hydrogen) atoms. The van der Waals surface area contributed by atoms with Crippen LogP contribution in [0.25, 0.3) is 5.69 Å². The number of aryl methyl sites for hydroxylation is 1. The lowest BCUT2D eigenvalue weighted by Gasteiger charge is -2.19. The first-order valence-electron chi connectivity index (χ1n) is 8.09. The number of hydrogen-bond acceptors (Lipinski definition) is 5. The van der Waals surface area contributed by atoms with Crippen molar-refractivity contribution in [1.82, 2.24) is 9.78 Å². The van der Waals surface area contributed by atoms with Crippen molar-refractivity contribution in [3.63, 3.8) is 0 Å². The maximum Gasteiger partial charge on any atom is 0.438 e. The molecule has 1 aromatic heterocycles. The Hall–Kier alpha value is -3.03. The van der Waals surface area contributed by atoms with Gasteiger partial charge in [-0.15, -0.1) is 5.10 Å². The lowest BCUT2D eigenvalue weighted by Crippen LogP contribution is -2.28. The standard InChI is InChI=1S/C19H18ClN3O4/c1-13-4-3-5-14(18(13)23(25)19(24)26-2)12-27-17-10-11-22(21-17)16-8-6-15(20)7-9-16/h3-11,25H,12H2,1-2H3. The van der Waals surface area contributed by atoms with Crippen LogP contribution in [0, 0.1) is 6.92 Å². The summed E-state index contributed by atoms with van der Waals surface area (Å²) in [6.45, 7) is 1.89. The molecule has 0 aliphatic rings. The van der Waals surface area contributed by atoms with Gasteiger partial charge in [-0.1, -0.05) is 29.8 Å². The molecule has 0 aliphatic carbocycles. The van der Waals surface area contributed by atoms with Crippen LogP contribution in [0.1, 0.15) is 11.1 Å². The number of benzene rings is 2. The fraction of sp³-hybridized carbons (Fsp3) is 0.158. The van der Waals surface area contributed by atoms with Gasteiger partial charge in [0.05, 0.1) is 18.5 Å². The Balaban J connectivity index is 1.77. The summed E-state index contributed by atoms with van der Waals surface area (Å²) in [6.07, 6.45) is 0.889. The second kappa shape index (κ2) is 8.11. The van der Waals surface area contributed by atoms with Gasteiger partial charge in [0.25, 0.3) is 0 Å². The van der Waals surface area contributed by atoms with Crippen molar-refractivity contribution in [1.29, 1.82) is 0 Å². The molecule has 0 radical (unpaired) electrons. The number of nitrogens with zero attached hydrogens (tertiary/aromatic N) is 3. The van der Waals surface area contributed by atoms with Gasteiger partial charge < -0.3 is 9.47 Å². The molecular formula is C19H18ClN3O4. The number of anilines is 1. The first-order chi connectivity index (χ1) is 13.0. The zero-order valence-electron chi connectivity index (χ0n) is 14.8. The van der Waals surface area contributed by atoms with Gasteiger partial charge in [-0.3, -0.25) is 5.21 Å². The van der Waals surface area contributed by atoms with Crippen molar-refractivity contribution >= 4 is 23.4 Å². The van der Waals surface area contributed by atoms with Crippen LogP contribution >= 0.6 is 11.6 Å². The van der Waals surface area contributed by atoms with Crippen molar-refractivity contribution in [3.05, 3.63) is 70.9 Å². The van der Waals surface area contributed by atoms with Gasteiger partial charge >= 0.3 is 6.09 Å². The number of rotatable bonds is 5. The fourth-order valence-electron chi connectivity index (χ4n) is 2.59. The zero-order chi connectivity index (χ0) is 19.4. The molecule has 2 aromatic carbocycles. The first-order valence-corrected chi connectivity index (χ1v) is 8.47. The molecule has 0 fully saturated rings. The van der Waals surface area contributed by atoms with Crippen molar-refractivity contribution < 1.29 is 19.5 Å². The van der Waals surface area contributed by atoms with E-state index in [1.54, 1.807) is 48.1 Å².